The lowest BCUT2D eigenvalue weighted by molar-refractivity contribution is 0.491. The van der Waals surface area contributed by atoms with Gasteiger partial charge in [-0.1, -0.05) is 19.9 Å². The van der Waals surface area contributed by atoms with E-state index in [0.29, 0.717) is 15.9 Å². The van der Waals surface area contributed by atoms with Crippen LogP contribution in [0.25, 0.3) is 0 Å². The van der Waals surface area contributed by atoms with Crippen LogP contribution in [0.15, 0.2) is 22.7 Å². The second-order valence-corrected chi connectivity index (χ2v) is 6.16. The number of hydrogen-bond donors (Lipinski definition) is 1. The Morgan fingerprint density at radius 2 is 2.12 bits per heavy atom. The van der Waals surface area contributed by atoms with Gasteiger partial charge in [-0.05, 0) is 52.4 Å². The molecule has 0 amide bonds. The maximum absolute atomic E-state index is 13.1. The summed E-state index contributed by atoms with van der Waals surface area (Å²) in [4.78, 5) is 0. The molecule has 1 N–H and O–H groups in total. The molecule has 1 nitrogen and oxygen atoms in total. The molecule has 2 atom stereocenters. The van der Waals surface area contributed by atoms with Gasteiger partial charge in [0.05, 0.1) is 4.47 Å². The molecule has 2 rings (SSSR count). The first-order valence-electron chi connectivity index (χ1n) is 5.61. The van der Waals surface area contributed by atoms with Gasteiger partial charge in [0.25, 0.3) is 0 Å². The molecule has 1 aromatic rings. The van der Waals surface area contributed by atoms with Gasteiger partial charge < -0.3 is 5.32 Å². The van der Waals surface area contributed by atoms with Crippen LogP contribution in [0.4, 0.5) is 4.39 Å². The summed E-state index contributed by atoms with van der Waals surface area (Å²) in [5.74, 6) is -0.206. The molecule has 2 unspecified atom stereocenters. The van der Waals surface area contributed by atoms with E-state index in [-0.39, 0.29) is 11.9 Å². The fraction of sp³-hybridized carbons (Fsp3) is 0.538. The summed E-state index contributed by atoms with van der Waals surface area (Å²) in [6.45, 7) is 6.64. The van der Waals surface area contributed by atoms with Crippen LogP contribution in [0.1, 0.15) is 38.8 Å². The van der Waals surface area contributed by atoms with Gasteiger partial charge >= 0.3 is 0 Å². The minimum absolute atomic E-state index is 0.206. The van der Waals surface area contributed by atoms with E-state index in [9.17, 15) is 4.39 Å². The third-order valence-corrected chi connectivity index (χ3v) is 4.02. The molecule has 0 saturated heterocycles. The van der Waals surface area contributed by atoms with Crippen LogP contribution >= 0.6 is 15.9 Å². The highest BCUT2D eigenvalue weighted by Gasteiger charge is 2.45. The van der Waals surface area contributed by atoms with E-state index in [1.165, 1.54) is 12.5 Å². The first-order chi connectivity index (χ1) is 7.40. The van der Waals surface area contributed by atoms with Crippen molar-refractivity contribution >= 4 is 15.9 Å². The molecule has 16 heavy (non-hydrogen) atoms. The highest BCUT2D eigenvalue weighted by Crippen LogP contribution is 2.45. The van der Waals surface area contributed by atoms with Gasteiger partial charge in [-0.2, -0.15) is 0 Å². The number of hydrogen-bond acceptors (Lipinski definition) is 1. The molecule has 88 valence electrons. The summed E-state index contributed by atoms with van der Waals surface area (Å²) < 4.78 is 13.6. The van der Waals surface area contributed by atoms with Crippen molar-refractivity contribution in [2.45, 2.75) is 39.3 Å². The van der Waals surface area contributed by atoms with E-state index in [2.05, 4.69) is 42.0 Å². The van der Waals surface area contributed by atoms with Gasteiger partial charge in [0.2, 0.25) is 0 Å². The Labute approximate surface area is 105 Å². The second-order valence-electron chi connectivity index (χ2n) is 5.31. The van der Waals surface area contributed by atoms with Crippen LogP contribution in [0, 0.1) is 11.2 Å². The topological polar surface area (TPSA) is 12.0 Å². The summed E-state index contributed by atoms with van der Waals surface area (Å²) in [7, 11) is 0. The van der Waals surface area contributed by atoms with Gasteiger partial charge in [0.15, 0.2) is 0 Å². The van der Waals surface area contributed by atoms with E-state index >= 15 is 0 Å². The largest absolute Gasteiger partial charge is 0.307 e. The molecule has 1 fully saturated rings. The van der Waals surface area contributed by atoms with Crippen molar-refractivity contribution in [2.75, 3.05) is 0 Å². The van der Waals surface area contributed by atoms with Crippen molar-refractivity contribution in [3.05, 3.63) is 34.1 Å². The molecule has 0 aliphatic heterocycles. The van der Waals surface area contributed by atoms with Crippen LogP contribution in [0.2, 0.25) is 0 Å². The third-order valence-electron chi connectivity index (χ3n) is 3.41. The summed E-state index contributed by atoms with van der Waals surface area (Å²) in [6, 6.07) is 6.06. The van der Waals surface area contributed by atoms with Gasteiger partial charge in [-0.3, -0.25) is 0 Å². The highest BCUT2D eigenvalue weighted by atomic mass is 79.9. The average molecular weight is 286 g/mol. The molecular formula is C13H17BrFN. The van der Waals surface area contributed by atoms with Crippen LogP contribution in [-0.2, 0) is 0 Å². The Morgan fingerprint density at radius 3 is 2.62 bits per heavy atom. The summed E-state index contributed by atoms with van der Waals surface area (Å²) in [5.41, 5.74) is 1.54. The lowest BCUT2D eigenvalue weighted by atomic mass is 10.1. The molecule has 0 spiro atoms. The molecule has 0 radical (unpaired) electrons. The average Bonchev–Trinajstić information content (AvgIpc) is 2.78. The smallest absolute Gasteiger partial charge is 0.137 e. The zero-order valence-electron chi connectivity index (χ0n) is 9.85. The monoisotopic (exact) mass is 285 g/mol. The molecule has 1 aliphatic carbocycles. The SMILES string of the molecule is CC(NC1CC1(C)C)c1ccc(F)c(Br)c1. The van der Waals surface area contributed by atoms with Crippen LogP contribution < -0.4 is 5.32 Å². The Kier molecular flexibility index (Phi) is 3.10. The van der Waals surface area contributed by atoms with Crippen LogP contribution in [0.3, 0.4) is 0 Å². The highest BCUT2D eigenvalue weighted by molar-refractivity contribution is 9.10. The first kappa shape index (κ1) is 12.1. The minimum atomic E-state index is -0.206. The predicted octanol–water partition coefficient (Wildman–Crippen LogP) is 4.04. The molecule has 0 heterocycles. The number of rotatable bonds is 3. The normalized spacial score (nSPS) is 24.2. The fourth-order valence-corrected chi connectivity index (χ4v) is 2.33. The van der Waals surface area contributed by atoms with Crippen molar-refractivity contribution in [2.24, 2.45) is 5.41 Å². The quantitative estimate of drug-likeness (QED) is 0.884. The van der Waals surface area contributed by atoms with Crippen molar-refractivity contribution in [3.63, 3.8) is 0 Å². The predicted molar refractivity (Wildman–Crippen MR) is 67.8 cm³/mol. The summed E-state index contributed by atoms with van der Waals surface area (Å²) >= 11 is 3.22. The number of halogens is 2. The fourth-order valence-electron chi connectivity index (χ4n) is 1.93. The van der Waals surface area contributed by atoms with Gasteiger partial charge in [-0.25, -0.2) is 4.39 Å². The molecular weight excluding hydrogens is 269 g/mol. The molecule has 1 aliphatic rings. The summed E-state index contributed by atoms with van der Waals surface area (Å²) in [5, 5.41) is 3.56. The first-order valence-corrected chi connectivity index (χ1v) is 6.40. The second kappa shape index (κ2) is 4.11. The van der Waals surface area contributed by atoms with Crippen molar-refractivity contribution in [1.29, 1.82) is 0 Å². The van der Waals surface area contributed by atoms with E-state index in [4.69, 9.17) is 0 Å². The molecule has 0 aromatic heterocycles. The zero-order valence-corrected chi connectivity index (χ0v) is 11.4. The minimum Gasteiger partial charge on any atom is -0.307 e. The van der Waals surface area contributed by atoms with Crippen molar-refractivity contribution in [1.82, 2.24) is 5.32 Å². The van der Waals surface area contributed by atoms with Crippen molar-refractivity contribution in [3.8, 4) is 0 Å². The van der Waals surface area contributed by atoms with Crippen LogP contribution in [0.5, 0.6) is 0 Å². The van der Waals surface area contributed by atoms with Crippen molar-refractivity contribution < 1.29 is 4.39 Å². The van der Waals surface area contributed by atoms with E-state index in [0.717, 1.165) is 5.56 Å². The number of nitrogens with one attached hydrogen (secondary N) is 1. The van der Waals surface area contributed by atoms with E-state index in [1.54, 1.807) is 0 Å². The maximum atomic E-state index is 13.1. The van der Waals surface area contributed by atoms with Gasteiger partial charge in [0, 0.05) is 12.1 Å². The molecule has 3 heteroatoms. The molecule has 1 aromatic carbocycles. The van der Waals surface area contributed by atoms with E-state index in [1.807, 2.05) is 12.1 Å². The van der Waals surface area contributed by atoms with Gasteiger partial charge in [0.1, 0.15) is 5.82 Å². The Morgan fingerprint density at radius 1 is 1.50 bits per heavy atom. The van der Waals surface area contributed by atoms with Gasteiger partial charge in [-0.15, -0.1) is 0 Å². The van der Waals surface area contributed by atoms with Crippen LogP contribution in [-0.4, -0.2) is 6.04 Å². The zero-order chi connectivity index (χ0) is 11.9. The molecule has 0 bridgehead atoms. The van der Waals surface area contributed by atoms with E-state index < -0.39 is 0 Å². The number of benzene rings is 1. The lowest BCUT2D eigenvalue weighted by Crippen LogP contribution is -2.24. The Hall–Kier alpha value is -0.410. The standard InChI is InChI=1S/C13H17BrFN/c1-8(16-12-7-13(12,2)3)9-4-5-11(15)10(14)6-9/h4-6,8,12,16H,7H2,1-3H3. The summed E-state index contributed by atoms with van der Waals surface area (Å²) in [6.07, 6.45) is 1.22. The lowest BCUT2D eigenvalue weighted by Gasteiger charge is -2.16. The Balaban J connectivity index is 2.04. The third kappa shape index (κ3) is 2.46. The Bertz CT molecular complexity index is 403. The molecule has 1 saturated carbocycles. The maximum Gasteiger partial charge on any atom is 0.137 e.